The zero-order valence-electron chi connectivity index (χ0n) is 14.6. The molecule has 1 aliphatic carbocycles. The molecule has 2 aliphatic rings. The van der Waals surface area contributed by atoms with E-state index in [0.717, 1.165) is 12.8 Å². The van der Waals surface area contributed by atoms with E-state index >= 15 is 0 Å². The van der Waals surface area contributed by atoms with Crippen molar-refractivity contribution in [1.82, 2.24) is 5.32 Å². The SMILES string of the molecule is CC1(C)C(=O)N(CC(=O)NC2(CCC(=O)O)CC2)c2c(O)cc(Br)cc21. The average molecular weight is 425 g/mol. The zero-order valence-corrected chi connectivity index (χ0v) is 16.2. The van der Waals surface area contributed by atoms with Gasteiger partial charge in [-0.2, -0.15) is 0 Å². The molecule has 26 heavy (non-hydrogen) atoms. The second kappa shape index (κ2) is 6.26. The minimum absolute atomic E-state index is 0.00634. The summed E-state index contributed by atoms with van der Waals surface area (Å²) in [4.78, 5) is 37.4. The van der Waals surface area contributed by atoms with E-state index in [4.69, 9.17) is 5.11 Å². The Morgan fingerprint density at radius 3 is 2.54 bits per heavy atom. The Bertz CT molecular complexity index is 801. The molecular formula is C18H21BrN2O5. The standard InChI is InChI=1S/C18H21BrN2O5/c1-17(2)11-7-10(19)8-12(22)15(11)21(16(17)26)9-13(23)20-18(5-6-18)4-3-14(24)25/h7-8,22H,3-6,9H2,1-2H3,(H,20,23)(H,24,25). The Morgan fingerprint density at radius 2 is 1.96 bits per heavy atom. The van der Waals surface area contributed by atoms with Gasteiger partial charge in [-0.05, 0) is 50.8 Å². The molecule has 2 amide bonds. The number of carbonyl (C=O) groups excluding carboxylic acids is 2. The number of carboxylic acids is 1. The number of rotatable bonds is 6. The van der Waals surface area contributed by atoms with E-state index < -0.39 is 16.9 Å². The van der Waals surface area contributed by atoms with Gasteiger partial charge >= 0.3 is 5.97 Å². The quantitative estimate of drug-likeness (QED) is 0.649. The lowest BCUT2D eigenvalue weighted by molar-refractivity contribution is -0.137. The molecule has 0 bridgehead atoms. The van der Waals surface area contributed by atoms with Crippen molar-refractivity contribution in [3.63, 3.8) is 0 Å². The van der Waals surface area contributed by atoms with Crippen LogP contribution in [-0.4, -0.2) is 40.1 Å². The summed E-state index contributed by atoms with van der Waals surface area (Å²) in [5, 5.41) is 22.0. The normalized spacial score (nSPS) is 19.2. The number of amides is 2. The second-order valence-electron chi connectivity index (χ2n) is 7.56. The van der Waals surface area contributed by atoms with Gasteiger partial charge in [-0.1, -0.05) is 15.9 Å². The van der Waals surface area contributed by atoms with Crippen molar-refractivity contribution in [2.24, 2.45) is 0 Å². The largest absolute Gasteiger partial charge is 0.506 e. The van der Waals surface area contributed by atoms with E-state index in [1.807, 2.05) is 0 Å². The van der Waals surface area contributed by atoms with Crippen LogP contribution in [0.15, 0.2) is 16.6 Å². The zero-order chi connectivity index (χ0) is 19.3. The highest BCUT2D eigenvalue weighted by atomic mass is 79.9. The third kappa shape index (κ3) is 3.30. The van der Waals surface area contributed by atoms with Crippen LogP contribution in [0.2, 0.25) is 0 Å². The molecule has 0 saturated heterocycles. The van der Waals surface area contributed by atoms with Crippen LogP contribution in [0.5, 0.6) is 5.75 Å². The van der Waals surface area contributed by atoms with Crippen molar-refractivity contribution >= 4 is 39.4 Å². The molecule has 3 N–H and O–H groups in total. The van der Waals surface area contributed by atoms with E-state index in [1.54, 1.807) is 19.9 Å². The van der Waals surface area contributed by atoms with E-state index in [-0.39, 0.29) is 30.5 Å². The van der Waals surface area contributed by atoms with Crippen molar-refractivity contribution in [3.8, 4) is 5.75 Å². The Hall–Kier alpha value is -2.09. The molecular weight excluding hydrogens is 404 g/mol. The number of nitrogens with zero attached hydrogens (tertiary/aromatic N) is 1. The lowest BCUT2D eigenvalue weighted by Crippen LogP contribution is -2.46. The van der Waals surface area contributed by atoms with Gasteiger partial charge in [-0.25, -0.2) is 0 Å². The lowest BCUT2D eigenvalue weighted by Gasteiger charge is -2.22. The highest BCUT2D eigenvalue weighted by molar-refractivity contribution is 9.10. The van der Waals surface area contributed by atoms with Gasteiger partial charge in [-0.3, -0.25) is 19.3 Å². The minimum Gasteiger partial charge on any atom is -0.506 e. The number of carboxylic acid groups (broad SMARTS) is 1. The summed E-state index contributed by atoms with van der Waals surface area (Å²) < 4.78 is 0.659. The Balaban J connectivity index is 1.78. The number of hydrogen-bond donors (Lipinski definition) is 3. The summed E-state index contributed by atoms with van der Waals surface area (Å²) in [6.45, 7) is 3.31. The number of fused-ring (bicyclic) bond motifs is 1. The first kappa shape index (κ1) is 18.7. The maximum Gasteiger partial charge on any atom is 0.303 e. The van der Waals surface area contributed by atoms with Gasteiger partial charge in [0, 0.05) is 16.4 Å². The van der Waals surface area contributed by atoms with Crippen LogP contribution in [0, 0.1) is 0 Å². The highest BCUT2D eigenvalue weighted by Crippen LogP contribution is 2.48. The molecule has 7 nitrogen and oxygen atoms in total. The Labute approximate surface area is 159 Å². The molecule has 1 aromatic rings. The smallest absolute Gasteiger partial charge is 0.303 e. The van der Waals surface area contributed by atoms with Crippen LogP contribution < -0.4 is 10.2 Å². The summed E-state index contributed by atoms with van der Waals surface area (Å²) in [6, 6.07) is 3.27. The first-order valence-corrected chi connectivity index (χ1v) is 9.23. The van der Waals surface area contributed by atoms with E-state index in [9.17, 15) is 19.5 Å². The summed E-state index contributed by atoms with van der Waals surface area (Å²) >= 11 is 3.32. The van der Waals surface area contributed by atoms with Crippen molar-refractivity contribution in [3.05, 3.63) is 22.2 Å². The predicted molar refractivity (Wildman–Crippen MR) is 98.2 cm³/mol. The molecule has 8 heteroatoms. The van der Waals surface area contributed by atoms with Gasteiger partial charge in [0.15, 0.2) is 0 Å². The van der Waals surface area contributed by atoms with Crippen LogP contribution in [0.4, 0.5) is 5.69 Å². The molecule has 140 valence electrons. The van der Waals surface area contributed by atoms with Crippen molar-refractivity contribution in [1.29, 1.82) is 0 Å². The van der Waals surface area contributed by atoms with Crippen molar-refractivity contribution in [2.75, 3.05) is 11.4 Å². The Kier molecular flexibility index (Phi) is 4.50. The van der Waals surface area contributed by atoms with Crippen molar-refractivity contribution in [2.45, 2.75) is 50.5 Å². The number of phenols is 1. The number of anilines is 1. The lowest BCUT2D eigenvalue weighted by atomic mass is 9.86. The number of carbonyl (C=O) groups is 3. The van der Waals surface area contributed by atoms with Gasteiger partial charge < -0.3 is 15.5 Å². The summed E-state index contributed by atoms with van der Waals surface area (Å²) in [5.41, 5.74) is -0.307. The second-order valence-corrected chi connectivity index (χ2v) is 8.48. The molecule has 3 rings (SSSR count). The van der Waals surface area contributed by atoms with Crippen LogP contribution in [0.3, 0.4) is 0 Å². The molecule has 1 saturated carbocycles. The summed E-state index contributed by atoms with van der Waals surface area (Å²) in [7, 11) is 0. The first-order chi connectivity index (χ1) is 12.1. The maximum atomic E-state index is 12.8. The van der Waals surface area contributed by atoms with Crippen LogP contribution in [-0.2, 0) is 19.8 Å². The minimum atomic E-state index is -0.897. The van der Waals surface area contributed by atoms with Gasteiger partial charge in [0.2, 0.25) is 11.8 Å². The molecule has 1 aliphatic heterocycles. The third-order valence-electron chi connectivity index (χ3n) is 5.15. The number of nitrogens with one attached hydrogen (secondary N) is 1. The monoisotopic (exact) mass is 424 g/mol. The number of benzene rings is 1. The fourth-order valence-corrected chi connectivity index (χ4v) is 3.91. The molecule has 0 radical (unpaired) electrons. The van der Waals surface area contributed by atoms with E-state index in [1.165, 1.54) is 11.0 Å². The molecule has 1 aromatic carbocycles. The van der Waals surface area contributed by atoms with Gasteiger partial charge in [0.05, 0.1) is 11.1 Å². The molecule has 0 spiro atoms. The maximum absolute atomic E-state index is 12.8. The summed E-state index contributed by atoms with van der Waals surface area (Å²) in [6.07, 6.45) is 1.84. The third-order valence-corrected chi connectivity index (χ3v) is 5.61. The van der Waals surface area contributed by atoms with Crippen LogP contribution in [0.1, 0.15) is 45.1 Å². The molecule has 0 aromatic heterocycles. The first-order valence-electron chi connectivity index (χ1n) is 8.43. The van der Waals surface area contributed by atoms with Crippen LogP contribution >= 0.6 is 15.9 Å². The number of phenolic OH excluding ortho intramolecular Hbond substituents is 1. The molecule has 0 atom stereocenters. The number of aliphatic carboxylic acids is 1. The molecule has 0 unspecified atom stereocenters. The number of halogens is 1. The number of aromatic hydroxyl groups is 1. The fraction of sp³-hybridized carbons (Fsp3) is 0.500. The molecule has 1 fully saturated rings. The predicted octanol–water partition coefficient (Wildman–Crippen LogP) is 2.29. The van der Waals surface area contributed by atoms with Crippen molar-refractivity contribution < 1.29 is 24.6 Å². The van der Waals surface area contributed by atoms with Crippen LogP contribution in [0.25, 0.3) is 0 Å². The van der Waals surface area contributed by atoms with Gasteiger partial charge in [0.25, 0.3) is 0 Å². The topological polar surface area (TPSA) is 107 Å². The number of hydrogen-bond acceptors (Lipinski definition) is 4. The van der Waals surface area contributed by atoms with E-state index in [0.29, 0.717) is 22.1 Å². The highest BCUT2D eigenvalue weighted by Gasteiger charge is 2.48. The van der Waals surface area contributed by atoms with E-state index in [2.05, 4.69) is 21.2 Å². The Morgan fingerprint density at radius 1 is 1.31 bits per heavy atom. The fourth-order valence-electron chi connectivity index (χ4n) is 3.46. The van der Waals surface area contributed by atoms with Gasteiger partial charge in [-0.15, -0.1) is 0 Å². The van der Waals surface area contributed by atoms with Gasteiger partial charge in [0.1, 0.15) is 12.3 Å². The average Bonchev–Trinajstić information content (AvgIpc) is 3.26. The summed E-state index contributed by atoms with van der Waals surface area (Å²) in [5.74, 6) is -1.57. The molecule has 1 heterocycles.